The van der Waals surface area contributed by atoms with Crippen LogP contribution in [0.15, 0.2) is 76.4 Å². The van der Waals surface area contributed by atoms with Gasteiger partial charge < -0.3 is 4.57 Å². The van der Waals surface area contributed by atoms with Gasteiger partial charge in [0.2, 0.25) is 0 Å². The summed E-state index contributed by atoms with van der Waals surface area (Å²) in [5.41, 5.74) is 2.63. The van der Waals surface area contributed by atoms with Gasteiger partial charge in [0.05, 0.1) is 0 Å². The quantitative estimate of drug-likeness (QED) is 0.260. The summed E-state index contributed by atoms with van der Waals surface area (Å²) in [6.07, 6.45) is 7.22. The van der Waals surface area contributed by atoms with E-state index >= 15 is 0 Å². The molecule has 158 valence electrons. The normalized spacial score (nSPS) is 14.9. The Morgan fingerprint density at radius 2 is 1.65 bits per heavy atom. The van der Waals surface area contributed by atoms with Gasteiger partial charge in [0.1, 0.15) is 5.82 Å². The van der Waals surface area contributed by atoms with Gasteiger partial charge in [-0.3, -0.25) is 0 Å². The Labute approximate surface area is 196 Å². The van der Waals surface area contributed by atoms with E-state index in [4.69, 9.17) is 5.10 Å². The fraction of sp³-hybridized carbons (Fsp3) is 0.308. The van der Waals surface area contributed by atoms with Crippen LogP contribution < -0.4 is 0 Å². The van der Waals surface area contributed by atoms with Crippen molar-refractivity contribution in [2.75, 3.05) is 0 Å². The van der Waals surface area contributed by atoms with Crippen molar-refractivity contribution >= 4 is 38.5 Å². The molecular formula is C26H26BrN3S. The number of hydrogen-bond donors (Lipinski definition) is 0. The molecule has 1 aromatic heterocycles. The van der Waals surface area contributed by atoms with Crippen LogP contribution in [0.1, 0.15) is 55.1 Å². The van der Waals surface area contributed by atoms with Crippen molar-refractivity contribution in [1.29, 1.82) is 0 Å². The molecule has 0 N–H and O–H groups in total. The molecule has 31 heavy (non-hydrogen) atoms. The van der Waals surface area contributed by atoms with Gasteiger partial charge in [0.15, 0.2) is 5.16 Å². The van der Waals surface area contributed by atoms with Gasteiger partial charge in [-0.25, -0.2) is 0 Å². The Morgan fingerprint density at radius 3 is 2.48 bits per heavy atom. The lowest BCUT2D eigenvalue weighted by atomic mass is 9.95. The SMILES string of the molecule is Brc1ccc(CSc2nnc(Cc3cccc4ccccc34)n2C2CCCCC2)cc1. The number of benzene rings is 3. The zero-order valence-electron chi connectivity index (χ0n) is 17.5. The number of aromatic nitrogens is 3. The molecule has 5 rings (SSSR count). The van der Waals surface area contributed by atoms with E-state index in [-0.39, 0.29) is 0 Å². The summed E-state index contributed by atoms with van der Waals surface area (Å²) in [5, 5.41) is 13.0. The Balaban J connectivity index is 1.45. The van der Waals surface area contributed by atoms with Crippen molar-refractivity contribution in [2.24, 2.45) is 0 Å². The van der Waals surface area contributed by atoms with Crippen LogP contribution in [0.3, 0.4) is 0 Å². The molecule has 3 aromatic carbocycles. The van der Waals surface area contributed by atoms with Crippen LogP contribution in [0, 0.1) is 0 Å². The zero-order chi connectivity index (χ0) is 21.0. The first kappa shape index (κ1) is 20.8. The Bertz CT molecular complexity index is 1160. The molecular weight excluding hydrogens is 466 g/mol. The van der Waals surface area contributed by atoms with Crippen LogP contribution in [0.2, 0.25) is 0 Å². The van der Waals surface area contributed by atoms with E-state index in [1.165, 1.54) is 54.0 Å². The largest absolute Gasteiger partial charge is 0.303 e. The zero-order valence-corrected chi connectivity index (χ0v) is 19.9. The molecule has 0 bridgehead atoms. The molecule has 0 spiro atoms. The summed E-state index contributed by atoms with van der Waals surface area (Å²) >= 11 is 5.33. The van der Waals surface area contributed by atoms with Crippen LogP contribution in [0.4, 0.5) is 0 Å². The summed E-state index contributed by atoms with van der Waals surface area (Å²) in [7, 11) is 0. The molecule has 3 nitrogen and oxygen atoms in total. The maximum Gasteiger partial charge on any atom is 0.191 e. The molecule has 1 heterocycles. The average molecular weight is 492 g/mol. The second-order valence-corrected chi connectivity index (χ2v) is 10.1. The maximum absolute atomic E-state index is 4.70. The molecule has 4 aromatic rings. The van der Waals surface area contributed by atoms with Crippen molar-refractivity contribution in [3.63, 3.8) is 0 Å². The molecule has 0 radical (unpaired) electrons. The minimum atomic E-state index is 0.515. The fourth-order valence-corrected chi connectivity index (χ4v) is 5.82. The second kappa shape index (κ2) is 9.58. The van der Waals surface area contributed by atoms with Crippen molar-refractivity contribution in [2.45, 2.75) is 55.5 Å². The predicted molar refractivity (Wildman–Crippen MR) is 133 cm³/mol. The van der Waals surface area contributed by atoms with Crippen molar-refractivity contribution in [3.05, 3.63) is 88.2 Å². The van der Waals surface area contributed by atoms with Gasteiger partial charge >= 0.3 is 0 Å². The van der Waals surface area contributed by atoms with Gasteiger partial charge in [-0.05, 0) is 46.9 Å². The molecule has 0 amide bonds. The molecule has 1 aliphatic carbocycles. The molecule has 1 saturated carbocycles. The fourth-order valence-electron chi connectivity index (χ4n) is 4.58. The Morgan fingerprint density at radius 1 is 0.871 bits per heavy atom. The summed E-state index contributed by atoms with van der Waals surface area (Å²) in [4.78, 5) is 0. The number of rotatable bonds is 6. The first-order chi connectivity index (χ1) is 15.3. The highest BCUT2D eigenvalue weighted by atomic mass is 79.9. The molecule has 0 saturated heterocycles. The van der Waals surface area contributed by atoms with Crippen LogP contribution >= 0.6 is 27.7 Å². The number of hydrogen-bond acceptors (Lipinski definition) is 3. The van der Waals surface area contributed by atoms with Gasteiger partial charge in [-0.1, -0.05) is 102 Å². The highest BCUT2D eigenvalue weighted by molar-refractivity contribution is 9.10. The third-order valence-corrected chi connectivity index (χ3v) is 7.73. The summed E-state index contributed by atoms with van der Waals surface area (Å²) in [6.45, 7) is 0. The highest BCUT2D eigenvalue weighted by Gasteiger charge is 2.23. The summed E-state index contributed by atoms with van der Waals surface area (Å²) in [5.74, 6) is 2.01. The smallest absolute Gasteiger partial charge is 0.191 e. The standard InChI is InChI=1S/C26H26BrN3S/c27-22-15-13-19(14-16-22)18-31-26-29-28-25(30(26)23-10-2-1-3-11-23)17-21-9-6-8-20-7-4-5-12-24(20)21/h4-9,12-16,23H,1-3,10-11,17-18H2. The number of fused-ring (bicyclic) bond motifs is 1. The maximum atomic E-state index is 4.70. The van der Waals surface area contributed by atoms with Gasteiger partial charge in [-0.15, -0.1) is 10.2 Å². The van der Waals surface area contributed by atoms with Gasteiger partial charge in [0, 0.05) is 22.7 Å². The lowest BCUT2D eigenvalue weighted by Crippen LogP contribution is -2.17. The lowest BCUT2D eigenvalue weighted by molar-refractivity contribution is 0.330. The van der Waals surface area contributed by atoms with E-state index in [0.717, 1.165) is 27.6 Å². The lowest BCUT2D eigenvalue weighted by Gasteiger charge is -2.25. The van der Waals surface area contributed by atoms with Crippen molar-refractivity contribution in [1.82, 2.24) is 14.8 Å². The van der Waals surface area contributed by atoms with E-state index in [1.807, 2.05) is 11.8 Å². The first-order valence-corrected chi connectivity index (χ1v) is 12.8. The molecule has 0 aliphatic heterocycles. The van der Waals surface area contributed by atoms with Crippen molar-refractivity contribution < 1.29 is 0 Å². The second-order valence-electron chi connectivity index (χ2n) is 8.29. The molecule has 0 unspecified atom stereocenters. The average Bonchev–Trinajstić information content (AvgIpc) is 3.22. The minimum Gasteiger partial charge on any atom is -0.303 e. The topological polar surface area (TPSA) is 30.7 Å². The van der Waals surface area contributed by atoms with Crippen LogP contribution in [0.25, 0.3) is 10.8 Å². The van der Waals surface area contributed by atoms with E-state index in [9.17, 15) is 0 Å². The van der Waals surface area contributed by atoms with E-state index in [1.54, 1.807) is 0 Å². The Hall–Kier alpha value is -2.11. The molecule has 1 fully saturated rings. The predicted octanol–water partition coefficient (Wildman–Crippen LogP) is 7.58. The molecule has 5 heteroatoms. The van der Waals surface area contributed by atoms with Gasteiger partial charge in [-0.2, -0.15) is 0 Å². The van der Waals surface area contributed by atoms with Crippen LogP contribution in [-0.2, 0) is 12.2 Å². The van der Waals surface area contributed by atoms with Crippen molar-refractivity contribution in [3.8, 4) is 0 Å². The third kappa shape index (κ3) is 4.73. The number of nitrogens with zero attached hydrogens (tertiary/aromatic N) is 3. The van der Waals surface area contributed by atoms with Crippen LogP contribution in [-0.4, -0.2) is 14.8 Å². The highest BCUT2D eigenvalue weighted by Crippen LogP contribution is 2.34. The minimum absolute atomic E-state index is 0.515. The summed E-state index contributed by atoms with van der Waals surface area (Å²) in [6, 6.07) is 24.3. The van der Waals surface area contributed by atoms with Crippen LogP contribution in [0.5, 0.6) is 0 Å². The van der Waals surface area contributed by atoms with E-state index < -0.39 is 0 Å². The number of halogens is 1. The summed E-state index contributed by atoms with van der Waals surface area (Å²) < 4.78 is 3.58. The third-order valence-electron chi connectivity index (χ3n) is 6.18. The Kier molecular flexibility index (Phi) is 6.42. The van der Waals surface area contributed by atoms with Gasteiger partial charge in [0.25, 0.3) is 0 Å². The molecule has 0 atom stereocenters. The number of thioether (sulfide) groups is 1. The first-order valence-electron chi connectivity index (χ1n) is 11.1. The van der Waals surface area contributed by atoms with E-state index in [2.05, 4.69) is 92.3 Å². The molecule has 1 aliphatic rings. The monoisotopic (exact) mass is 491 g/mol. The van der Waals surface area contributed by atoms with E-state index in [0.29, 0.717) is 6.04 Å².